The highest BCUT2D eigenvalue weighted by Crippen LogP contribution is 2.23. The Morgan fingerprint density at radius 3 is 2.59 bits per heavy atom. The highest BCUT2D eigenvalue weighted by Gasteiger charge is 2.20. The van der Waals surface area contributed by atoms with Gasteiger partial charge in [0.25, 0.3) is 0 Å². The van der Waals surface area contributed by atoms with Crippen LogP contribution in [-0.4, -0.2) is 45.2 Å². The third-order valence-electron chi connectivity index (χ3n) is 4.73. The highest BCUT2D eigenvalue weighted by molar-refractivity contribution is 5.67. The molecule has 2 aromatic heterocycles. The molecule has 0 saturated carbocycles. The Labute approximate surface area is 189 Å². The maximum absolute atomic E-state index is 12.3. The molecule has 0 aliphatic rings. The molecule has 0 spiro atoms. The maximum Gasteiger partial charge on any atom is 0.410 e. The number of benzene rings is 1. The molecule has 0 unspecified atom stereocenters. The summed E-state index contributed by atoms with van der Waals surface area (Å²) in [6, 6.07) is 10.0. The number of anilines is 3. The molecule has 0 fully saturated rings. The van der Waals surface area contributed by atoms with Gasteiger partial charge in [0, 0.05) is 49.6 Å². The SMILES string of the molecule is CNc1cc(C)nc(Nc2ccc(C)c(-n3ccc(CN(C)C(=O)OC(C)(C)C)c3)c2)n1. The third kappa shape index (κ3) is 6.00. The monoisotopic (exact) mass is 436 g/mol. The van der Waals surface area contributed by atoms with E-state index in [1.165, 1.54) is 0 Å². The normalized spacial score (nSPS) is 11.2. The molecular weight excluding hydrogens is 404 g/mol. The van der Waals surface area contributed by atoms with Crippen LogP contribution >= 0.6 is 0 Å². The second-order valence-electron chi connectivity index (χ2n) is 8.86. The third-order valence-corrected chi connectivity index (χ3v) is 4.73. The number of rotatable bonds is 6. The zero-order chi connectivity index (χ0) is 23.5. The lowest BCUT2D eigenvalue weighted by molar-refractivity contribution is 0.0285. The molecule has 2 heterocycles. The van der Waals surface area contributed by atoms with Gasteiger partial charge in [0.15, 0.2) is 0 Å². The molecule has 8 heteroatoms. The summed E-state index contributed by atoms with van der Waals surface area (Å²) in [5.41, 5.74) is 4.41. The number of nitrogens with zero attached hydrogens (tertiary/aromatic N) is 4. The first kappa shape index (κ1) is 23.1. The fraction of sp³-hybridized carbons (Fsp3) is 0.375. The Balaban J connectivity index is 1.77. The van der Waals surface area contributed by atoms with Crippen molar-refractivity contribution in [3.8, 4) is 5.69 Å². The largest absolute Gasteiger partial charge is 0.444 e. The molecule has 1 amide bonds. The van der Waals surface area contributed by atoms with Crippen LogP contribution in [0.3, 0.4) is 0 Å². The van der Waals surface area contributed by atoms with Crippen LogP contribution in [0.15, 0.2) is 42.7 Å². The fourth-order valence-electron chi connectivity index (χ4n) is 3.21. The average Bonchev–Trinajstić information content (AvgIpc) is 3.15. The van der Waals surface area contributed by atoms with Crippen molar-refractivity contribution in [3.63, 3.8) is 0 Å². The van der Waals surface area contributed by atoms with Gasteiger partial charge in [0.05, 0.1) is 6.54 Å². The van der Waals surface area contributed by atoms with Gasteiger partial charge in [-0.3, -0.25) is 0 Å². The van der Waals surface area contributed by atoms with Crippen molar-refractivity contribution in [1.82, 2.24) is 19.4 Å². The number of carbonyl (C=O) groups excluding carboxylic acids is 1. The summed E-state index contributed by atoms with van der Waals surface area (Å²) in [6.07, 6.45) is 3.67. The summed E-state index contributed by atoms with van der Waals surface area (Å²) in [6.45, 7) is 10.0. The van der Waals surface area contributed by atoms with E-state index < -0.39 is 5.60 Å². The second kappa shape index (κ2) is 9.30. The number of ether oxygens (including phenoxy) is 1. The van der Waals surface area contributed by atoms with Gasteiger partial charge in [-0.1, -0.05) is 6.07 Å². The van der Waals surface area contributed by atoms with Gasteiger partial charge >= 0.3 is 6.09 Å². The number of hydrogen-bond acceptors (Lipinski definition) is 6. The number of nitrogens with one attached hydrogen (secondary N) is 2. The minimum atomic E-state index is -0.517. The molecule has 0 radical (unpaired) electrons. The Bertz CT molecular complexity index is 1100. The zero-order valence-electron chi connectivity index (χ0n) is 19.9. The van der Waals surface area contributed by atoms with Crippen molar-refractivity contribution >= 4 is 23.5 Å². The van der Waals surface area contributed by atoms with Crippen molar-refractivity contribution in [2.24, 2.45) is 0 Å². The Morgan fingerprint density at radius 1 is 1.16 bits per heavy atom. The first-order chi connectivity index (χ1) is 15.0. The van der Waals surface area contributed by atoms with Gasteiger partial charge in [-0.2, -0.15) is 4.98 Å². The molecule has 3 rings (SSSR count). The van der Waals surface area contributed by atoms with Crippen LogP contribution in [0, 0.1) is 13.8 Å². The lowest BCUT2D eigenvalue weighted by atomic mass is 10.2. The van der Waals surface area contributed by atoms with Crippen molar-refractivity contribution in [1.29, 1.82) is 0 Å². The minimum Gasteiger partial charge on any atom is -0.444 e. The molecule has 2 N–H and O–H groups in total. The average molecular weight is 437 g/mol. The van der Waals surface area contributed by atoms with E-state index in [0.29, 0.717) is 12.5 Å². The molecule has 3 aromatic rings. The smallest absolute Gasteiger partial charge is 0.410 e. The molecule has 0 aliphatic carbocycles. The first-order valence-electron chi connectivity index (χ1n) is 10.6. The number of aromatic nitrogens is 3. The molecular formula is C24H32N6O2. The van der Waals surface area contributed by atoms with Crippen molar-refractivity contribution in [2.45, 2.75) is 46.8 Å². The van der Waals surface area contributed by atoms with E-state index in [1.807, 2.05) is 65.3 Å². The highest BCUT2D eigenvalue weighted by atomic mass is 16.6. The number of carbonyl (C=O) groups is 1. The lowest BCUT2D eigenvalue weighted by Gasteiger charge is -2.24. The maximum atomic E-state index is 12.3. The van der Waals surface area contributed by atoms with Crippen LogP contribution in [0.1, 0.15) is 37.6 Å². The van der Waals surface area contributed by atoms with Crippen molar-refractivity contribution in [2.75, 3.05) is 24.7 Å². The van der Waals surface area contributed by atoms with Gasteiger partial charge in [-0.05, 0) is 63.9 Å². The molecule has 0 saturated heterocycles. The number of amides is 1. The lowest BCUT2D eigenvalue weighted by Crippen LogP contribution is -2.33. The number of aryl methyl sites for hydroxylation is 2. The fourth-order valence-corrected chi connectivity index (χ4v) is 3.21. The molecule has 0 atom stereocenters. The first-order valence-corrected chi connectivity index (χ1v) is 10.6. The van der Waals surface area contributed by atoms with Crippen molar-refractivity contribution in [3.05, 3.63) is 59.5 Å². The van der Waals surface area contributed by atoms with E-state index >= 15 is 0 Å². The van der Waals surface area contributed by atoms with Crippen LogP contribution < -0.4 is 10.6 Å². The minimum absolute atomic E-state index is 0.341. The van der Waals surface area contributed by atoms with Crippen LogP contribution in [0.5, 0.6) is 0 Å². The molecule has 0 bridgehead atoms. The molecule has 8 nitrogen and oxygen atoms in total. The van der Waals surface area contributed by atoms with E-state index in [2.05, 4.69) is 44.2 Å². The summed E-state index contributed by atoms with van der Waals surface area (Å²) in [7, 11) is 3.57. The summed E-state index contributed by atoms with van der Waals surface area (Å²) >= 11 is 0. The predicted molar refractivity (Wildman–Crippen MR) is 128 cm³/mol. The van der Waals surface area contributed by atoms with Gasteiger partial charge in [-0.25, -0.2) is 9.78 Å². The molecule has 32 heavy (non-hydrogen) atoms. The topological polar surface area (TPSA) is 84.3 Å². The van der Waals surface area contributed by atoms with Crippen LogP contribution in [-0.2, 0) is 11.3 Å². The standard InChI is InChI=1S/C24H32N6O2/c1-16-8-9-19(27-22-26-17(2)12-21(25-6)28-22)13-20(16)30-11-10-18(15-30)14-29(7)23(31)32-24(3,4)5/h8-13,15H,14H2,1-7H3,(H2,25,26,27,28). The predicted octanol–water partition coefficient (Wildman–Crippen LogP) is 5.04. The van der Waals surface area contributed by atoms with Crippen LogP contribution in [0.2, 0.25) is 0 Å². The molecule has 0 aliphatic heterocycles. The Hall–Kier alpha value is -3.55. The molecule has 1 aromatic carbocycles. The van der Waals surface area contributed by atoms with Crippen LogP contribution in [0.25, 0.3) is 5.69 Å². The Morgan fingerprint density at radius 2 is 1.91 bits per heavy atom. The zero-order valence-corrected chi connectivity index (χ0v) is 19.9. The second-order valence-corrected chi connectivity index (χ2v) is 8.86. The van der Waals surface area contributed by atoms with Gasteiger partial charge in [-0.15, -0.1) is 0 Å². The van der Waals surface area contributed by atoms with Gasteiger partial charge < -0.3 is 24.8 Å². The van der Waals surface area contributed by atoms with Gasteiger partial charge in [0.2, 0.25) is 5.95 Å². The van der Waals surface area contributed by atoms with E-state index in [4.69, 9.17) is 4.74 Å². The summed E-state index contributed by atoms with van der Waals surface area (Å²) in [5, 5.41) is 6.33. The van der Waals surface area contributed by atoms with Gasteiger partial charge in [0.1, 0.15) is 11.4 Å². The summed E-state index contributed by atoms with van der Waals surface area (Å²) in [4.78, 5) is 22.8. The van der Waals surface area contributed by atoms with E-state index in [0.717, 1.165) is 34.0 Å². The Kier molecular flexibility index (Phi) is 6.72. The van der Waals surface area contributed by atoms with E-state index in [9.17, 15) is 4.79 Å². The van der Waals surface area contributed by atoms with Crippen molar-refractivity contribution < 1.29 is 9.53 Å². The summed E-state index contributed by atoms with van der Waals surface area (Å²) < 4.78 is 7.49. The number of hydrogen-bond donors (Lipinski definition) is 2. The van der Waals surface area contributed by atoms with E-state index in [-0.39, 0.29) is 6.09 Å². The van der Waals surface area contributed by atoms with Crippen LogP contribution in [0.4, 0.5) is 22.2 Å². The van der Waals surface area contributed by atoms with E-state index in [1.54, 1.807) is 11.9 Å². The molecule has 170 valence electrons. The summed E-state index contributed by atoms with van der Waals surface area (Å²) in [5.74, 6) is 1.30. The quantitative estimate of drug-likeness (QED) is 0.563.